The van der Waals surface area contributed by atoms with Crippen LogP contribution in [-0.4, -0.2) is 101 Å². The van der Waals surface area contributed by atoms with E-state index in [-0.39, 0.29) is 51.7 Å². The molecule has 4 heterocycles. The monoisotopic (exact) mass is 691 g/mol. The van der Waals surface area contributed by atoms with E-state index in [1.54, 1.807) is 39.8 Å². The fourth-order valence-electron chi connectivity index (χ4n) is 5.11. The quantitative estimate of drug-likeness (QED) is 0.0858. The van der Waals surface area contributed by atoms with Gasteiger partial charge >= 0.3 is 35.5 Å². The zero-order valence-electron chi connectivity index (χ0n) is 29.9. The predicted molar refractivity (Wildman–Crippen MR) is 186 cm³/mol. The topological polar surface area (TPSA) is 153 Å². The number of fused-ring (bicyclic) bond motifs is 6. The first-order valence-corrected chi connectivity index (χ1v) is 14.9. The molecule has 0 saturated heterocycles. The molecule has 0 amide bonds. The van der Waals surface area contributed by atoms with Gasteiger partial charge in [0.1, 0.15) is 47.2 Å². The maximum absolute atomic E-state index is 11.9. The summed E-state index contributed by atoms with van der Waals surface area (Å²) in [5.41, 5.74) is 3.24. The standard InChI is InChI=1S/C18H18N2O5.C17H18N2O4.B.Na.H/c1-22-7-8-25-14-9-11-5-4-6-19-16(11)17-15(14)13(23-2)10-12(20-17)18(21)24-3;1-21-6-7-23-14-8-11-4-3-5-18-16(11)17-15(14)13(22-2)9-12(10-20)19-17;;;/h4-6,9-10H,7-8H2,1-3H3;3-5,8-9,20H,6-7,10H2,1-2H3;;;/q;;;+1;-1. The Morgan fingerprint density at radius 2 is 1.18 bits per heavy atom. The third kappa shape index (κ3) is 8.70. The molecule has 6 aromatic rings. The number of hydrogen-bond acceptors (Lipinski definition) is 13. The second-order valence-electron chi connectivity index (χ2n) is 10.2. The van der Waals surface area contributed by atoms with Gasteiger partial charge in [-0.05, 0) is 24.3 Å². The summed E-state index contributed by atoms with van der Waals surface area (Å²) in [7, 11) is 7.65. The van der Waals surface area contributed by atoms with Crippen LogP contribution in [0.15, 0.2) is 60.9 Å². The Kier molecular flexibility index (Phi) is 15.4. The molecule has 0 aliphatic rings. The molecule has 50 heavy (non-hydrogen) atoms. The Bertz CT molecular complexity index is 2080. The molecule has 13 nitrogen and oxygen atoms in total. The van der Waals surface area contributed by atoms with Crippen LogP contribution < -0.4 is 48.5 Å². The number of carbonyl (C=O) groups is 1. The van der Waals surface area contributed by atoms with E-state index in [2.05, 4.69) is 19.9 Å². The normalized spacial score (nSPS) is 10.5. The summed E-state index contributed by atoms with van der Waals surface area (Å²) >= 11 is 0. The van der Waals surface area contributed by atoms with Crippen molar-refractivity contribution in [1.82, 2.24) is 19.9 Å². The molecule has 0 spiro atoms. The molecular weight excluding hydrogens is 654 g/mol. The smallest absolute Gasteiger partial charge is 1.00 e. The molecule has 0 atom stereocenters. The molecule has 4 aromatic heterocycles. The summed E-state index contributed by atoms with van der Waals surface area (Å²) < 4.78 is 37.5. The van der Waals surface area contributed by atoms with Gasteiger partial charge in [0, 0.05) is 57.9 Å². The van der Waals surface area contributed by atoms with Gasteiger partial charge in [0.05, 0.1) is 68.6 Å². The van der Waals surface area contributed by atoms with E-state index < -0.39 is 5.97 Å². The van der Waals surface area contributed by atoms with Crippen molar-refractivity contribution in [1.29, 1.82) is 0 Å². The fraction of sp³-hybridized carbons (Fsp3) is 0.286. The van der Waals surface area contributed by atoms with Crippen molar-refractivity contribution in [2.45, 2.75) is 6.61 Å². The van der Waals surface area contributed by atoms with E-state index >= 15 is 0 Å². The molecule has 0 bridgehead atoms. The van der Waals surface area contributed by atoms with Gasteiger partial charge in [-0.2, -0.15) is 0 Å². The van der Waals surface area contributed by atoms with Crippen molar-refractivity contribution in [2.75, 3.05) is 62.0 Å². The van der Waals surface area contributed by atoms with E-state index in [1.165, 1.54) is 20.3 Å². The summed E-state index contributed by atoms with van der Waals surface area (Å²) in [6, 6.07) is 14.6. The summed E-state index contributed by atoms with van der Waals surface area (Å²) in [4.78, 5) is 29.7. The van der Waals surface area contributed by atoms with Crippen molar-refractivity contribution in [3.8, 4) is 23.0 Å². The van der Waals surface area contributed by atoms with E-state index in [4.69, 9.17) is 33.2 Å². The maximum atomic E-state index is 11.9. The first-order valence-electron chi connectivity index (χ1n) is 14.9. The minimum Gasteiger partial charge on any atom is -1.00 e. The predicted octanol–water partition coefficient (Wildman–Crippen LogP) is 1.65. The number of esters is 1. The van der Waals surface area contributed by atoms with Crippen LogP contribution in [0.3, 0.4) is 0 Å². The second kappa shape index (κ2) is 19.2. The van der Waals surface area contributed by atoms with Crippen molar-refractivity contribution >= 4 is 58.0 Å². The molecule has 1 N–H and O–H groups in total. The molecule has 0 unspecified atom stereocenters. The third-order valence-electron chi connectivity index (χ3n) is 7.30. The van der Waals surface area contributed by atoms with E-state index in [0.29, 0.717) is 77.1 Å². The van der Waals surface area contributed by atoms with Crippen molar-refractivity contribution in [3.63, 3.8) is 0 Å². The van der Waals surface area contributed by atoms with Crippen molar-refractivity contribution in [2.24, 2.45) is 0 Å². The van der Waals surface area contributed by atoms with Gasteiger partial charge in [-0.15, -0.1) is 0 Å². The van der Waals surface area contributed by atoms with E-state index in [9.17, 15) is 9.90 Å². The molecule has 2 aromatic carbocycles. The maximum Gasteiger partial charge on any atom is 1.00 e. The Balaban J connectivity index is 0.000000335. The molecule has 0 saturated carbocycles. The SMILES string of the molecule is COCCOc1cc2cccnc2c2nc(C(=O)OC)cc(OC)c12.COCCOc1cc2cccnc2c2nc(CO)cc(OC)c12.[B].[H-].[Na+]. The number of carbonyl (C=O) groups excluding carboxylic acids is 1. The van der Waals surface area contributed by atoms with Crippen LogP contribution in [0.25, 0.3) is 43.6 Å². The number of methoxy groups -OCH3 is 5. The Hall–Kier alpha value is -4.31. The molecule has 0 aliphatic heterocycles. The number of aliphatic hydroxyl groups excluding tert-OH is 1. The molecule has 0 fully saturated rings. The number of ether oxygens (including phenoxy) is 7. The number of aromatic nitrogens is 4. The zero-order chi connectivity index (χ0) is 34.0. The van der Waals surface area contributed by atoms with Gasteiger partial charge in [-0.25, -0.2) is 14.8 Å². The van der Waals surface area contributed by atoms with E-state index in [1.807, 2.05) is 36.4 Å². The summed E-state index contributed by atoms with van der Waals surface area (Å²) in [5, 5.41) is 12.6. The number of pyridine rings is 4. The van der Waals surface area contributed by atoms with Gasteiger partial charge in [0.25, 0.3) is 0 Å². The average molecular weight is 692 g/mol. The van der Waals surface area contributed by atoms with Crippen molar-refractivity contribution < 1.29 is 74.0 Å². The van der Waals surface area contributed by atoms with Gasteiger partial charge < -0.3 is 39.7 Å². The minimum absolute atomic E-state index is 0. The fourth-order valence-corrected chi connectivity index (χ4v) is 5.11. The number of rotatable bonds is 12. The molecule has 15 heteroatoms. The number of benzene rings is 2. The number of nitrogens with zero attached hydrogens (tertiary/aromatic N) is 4. The van der Waals surface area contributed by atoms with Gasteiger partial charge in [-0.1, -0.05) is 12.1 Å². The molecular formula is C35H37BN4NaO9. The van der Waals surface area contributed by atoms with Crippen LogP contribution in [0.2, 0.25) is 0 Å². The molecule has 255 valence electrons. The largest absolute Gasteiger partial charge is 1.00 e. The van der Waals surface area contributed by atoms with Crippen LogP contribution in [0.5, 0.6) is 23.0 Å². The first-order chi connectivity index (χ1) is 23.5. The minimum atomic E-state index is -0.546. The van der Waals surface area contributed by atoms with Crippen LogP contribution in [0.1, 0.15) is 17.6 Å². The third-order valence-corrected chi connectivity index (χ3v) is 7.30. The molecule has 3 radical (unpaired) electrons. The Morgan fingerprint density at radius 3 is 1.64 bits per heavy atom. The summed E-state index contributed by atoms with van der Waals surface area (Å²) in [6.45, 7) is 1.55. The second-order valence-corrected chi connectivity index (χ2v) is 10.2. The molecule has 6 rings (SSSR count). The van der Waals surface area contributed by atoms with Crippen LogP contribution in [0, 0.1) is 0 Å². The van der Waals surface area contributed by atoms with Crippen LogP contribution in [0.4, 0.5) is 0 Å². The van der Waals surface area contributed by atoms with Gasteiger partial charge in [0.2, 0.25) is 0 Å². The number of hydrogen-bond donors (Lipinski definition) is 1. The number of aliphatic hydroxyl groups is 1. The first kappa shape index (κ1) is 40.1. The Labute approximate surface area is 314 Å². The van der Waals surface area contributed by atoms with Crippen molar-refractivity contribution in [3.05, 3.63) is 72.3 Å². The van der Waals surface area contributed by atoms with Crippen LogP contribution in [-0.2, 0) is 20.8 Å². The van der Waals surface area contributed by atoms with Gasteiger partial charge in [-0.3, -0.25) is 9.97 Å². The molecule has 0 aliphatic carbocycles. The van der Waals surface area contributed by atoms with Gasteiger partial charge in [0.15, 0.2) is 5.69 Å². The zero-order valence-corrected chi connectivity index (χ0v) is 30.9. The Morgan fingerprint density at radius 1 is 0.680 bits per heavy atom. The summed E-state index contributed by atoms with van der Waals surface area (Å²) in [6.07, 6.45) is 3.39. The van der Waals surface area contributed by atoms with E-state index in [0.717, 1.165) is 21.7 Å². The van der Waals surface area contributed by atoms with Crippen LogP contribution >= 0.6 is 0 Å². The summed E-state index contributed by atoms with van der Waals surface area (Å²) in [5.74, 6) is 1.76. The average Bonchev–Trinajstić information content (AvgIpc) is 3.13.